The van der Waals surface area contributed by atoms with Crippen LogP contribution in [0.4, 0.5) is 17.1 Å². The predicted molar refractivity (Wildman–Crippen MR) is 192 cm³/mol. The Hall–Kier alpha value is -5.54. The molecule has 0 bridgehead atoms. The molecule has 0 fully saturated rings. The third-order valence-corrected chi connectivity index (χ3v) is 9.89. The maximum atomic E-state index is 4.75. The van der Waals surface area contributed by atoms with Crippen LogP contribution in [0.25, 0.3) is 45.7 Å². The van der Waals surface area contributed by atoms with Crippen LogP contribution in [0.15, 0.2) is 122 Å². The number of allylic oxidation sites excluding steroid dienone is 1. The second-order valence-electron chi connectivity index (χ2n) is 12.9. The van der Waals surface area contributed by atoms with Crippen molar-refractivity contribution in [2.24, 2.45) is 0 Å². The summed E-state index contributed by atoms with van der Waals surface area (Å²) in [6.07, 6.45) is 5.38. The van der Waals surface area contributed by atoms with Gasteiger partial charge < -0.3 is 4.90 Å². The van der Waals surface area contributed by atoms with E-state index in [4.69, 9.17) is 4.98 Å². The van der Waals surface area contributed by atoms with E-state index in [-0.39, 0.29) is 5.41 Å². The first-order chi connectivity index (χ1) is 22.3. The van der Waals surface area contributed by atoms with Crippen molar-refractivity contribution in [3.05, 3.63) is 160 Å². The highest BCUT2D eigenvalue weighted by molar-refractivity contribution is 5.96. The molecule has 222 valence electrons. The molecular formula is C43H35N3. The fourth-order valence-corrected chi connectivity index (χ4v) is 7.65. The van der Waals surface area contributed by atoms with Gasteiger partial charge in [0.1, 0.15) is 0 Å². The number of benzene rings is 5. The van der Waals surface area contributed by atoms with Gasteiger partial charge in [0.2, 0.25) is 0 Å². The highest BCUT2D eigenvalue weighted by Gasteiger charge is 2.36. The molecule has 3 nitrogen and oxygen atoms in total. The molecule has 5 aromatic carbocycles. The summed E-state index contributed by atoms with van der Waals surface area (Å²) in [5.74, 6) is 0. The lowest BCUT2D eigenvalue weighted by atomic mass is 9.73. The van der Waals surface area contributed by atoms with Crippen LogP contribution in [0.5, 0.6) is 0 Å². The van der Waals surface area contributed by atoms with E-state index < -0.39 is 0 Å². The fraction of sp³-hybridized carbons (Fsp3) is 0.116. The molecule has 3 heteroatoms. The molecule has 2 heterocycles. The SMILES string of the molecule is C=CC1=c2c(c(-c3ccc(-c4ccc(N5c6ccccc6C(C)(C)c6ccccc65)cc4C)c(C)c3)ccc2=C)-c2nccnc21. The van der Waals surface area contributed by atoms with E-state index >= 15 is 0 Å². The van der Waals surface area contributed by atoms with Crippen molar-refractivity contribution in [3.8, 4) is 33.5 Å². The van der Waals surface area contributed by atoms with E-state index in [2.05, 4.69) is 148 Å². The number of para-hydroxylation sites is 2. The normalized spacial score (nSPS) is 13.9. The van der Waals surface area contributed by atoms with Gasteiger partial charge in [-0.25, -0.2) is 0 Å². The van der Waals surface area contributed by atoms with E-state index in [1.54, 1.807) is 12.4 Å². The third kappa shape index (κ3) is 3.98. The lowest BCUT2D eigenvalue weighted by molar-refractivity contribution is 0.632. The summed E-state index contributed by atoms with van der Waals surface area (Å²) in [6, 6.07) is 35.5. The summed E-state index contributed by atoms with van der Waals surface area (Å²) in [6.45, 7) is 17.5. The molecule has 1 aromatic heterocycles. The predicted octanol–water partition coefficient (Wildman–Crippen LogP) is 9.31. The Morgan fingerprint density at radius 2 is 1.26 bits per heavy atom. The topological polar surface area (TPSA) is 29.0 Å². The standard InChI is InChI=1S/C43H35N3/c1-7-31-39-26(2)16-19-34(40(39)42-41(31)44-22-23-45-42)29-17-20-32(27(3)24-29)33-21-18-30(25-28(33)4)46-37-14-10-8-12-35(37)43(5,6)36-13-9-11-15-38(36)46/h7-25H,1-2H2,3-6H3. The molecule has 2 aliphatic rings. The lowest BCUT2D eigenvalue weighted by Crippen LogP contribution is -2.30. The van der Waals surface area contributed by atoms with Crippen LogP contribution >= 0.6 is 0 Å². The van der Waals surface area contributed by atoms with Crippen LogP contribution < -0.4 is 15.3 Å². The maximum absolute atomic E-state index is 4.75. The van der Waals surface area contributed by atoms with Gasteiger partial charge in [0.15, 0.2) is 0 Å². The van der Waals surface area contributed by atoms with Gasteiger partial charge in [0.25, 0.3) is 0 Å². The molecule has 0 N–H and O–H groups in total. The molecule has 0 radical (unpaired) electrons. The maximum Gasteiger partial charge on any atom is 0.0978 e. The average molecular weight is 594 g/mol. The quantitative estimate of drug-likeness (QED) is 0.204. The van der Waals surface area contributed by atoms with Crippen molar-refractivity contribution >= 4 is 29.2 Å². The first kappa shape index (κ1) is 28.0. The van der Waals surface area contributed by atoms with E-state index in [9.17, 15) is 0 Å². The highest BCUT2D eigenvalue weighted by Crippen LogP contribution is 2.52. The Balaban J connectivity index is 1.22. The van der Waals surface area contributed by atoms with Gasteiger partial charge in [-0.1, -0.05) is 106 Å². The zero-order chi connectivity index (χ0) is 31.7. The largest absolute Gasteiger partial charge is 0.310 e. The van der Waals surface area contributed by atoms with Crippen LogP contribution in [-0.2, 0) is 5.41 Å². The van der Waals surface area contributed by atoms with Crippen molar-refractivity contribution in [3.63, 3.8) is 0 Å². The first-order valence-corrected chi connectivity index (χ1v) is 15.8. The molecule has 0 saturated heterocycles. The minimum Gasteiger partial charge on any atom is -0.310 e. The van der Waals surface area contributed by atoms with Gasteiger partial charge in [0, 0.05) is 39.9 Å². The van der Waals surface area contributed by atoms with Gasteiger partial charge in [-0.05, 0) is 87.8 Å². The summed E-state index contributed by atoms with van der Waals surface area (Å²) < 4.78 is 0. The third-order valence-electron chi connectivity index (χ3n) is 9.89. The smallest absolute Gasteiger partial charge is 0.0978 e. The summed E-state index contributed by atoms with van der Waals surface area (Å²) in [5.41, 5.74) is 17.3. The minimum atomic E-state index is -0.0778. The monoisotopic (exact) mass is 593 g/mol. The molecule has 0 amide bonds. The van der Waals surface area contributed by atoms with Gasteiger partial charge in [-0.3, -0.25) is 9.97 Å². The van der Waals surface area contributed by atoms with E-state index in [0.29, 0.717) is 0 Å². The average Bonchev–Trinajstić information content (AvgIpc) is 3.41. The second kappa shape index (κ2) is 10.3. The number of aryl methyl sites for hydroxylation is 2. The van der Waals surface area contributed by atoms with E-state index in [1.807, 2.05) is 6.08 Å². The summed E-state index contributed by atoms with van der Waals surface area (Å²) in [5, 5.41) is 2.03. The van der Waals surface area contributed by atoms with Gasteiger partial charge in [0.05, 0.1) is 22.8 Å². The molecule has 8 rings (SSSR count). The molecular weight excluding hydrogens is 558 g/mol. The molecule has 0 saturated carbocycles. The van der Waals surface area contributed by atoms with Gasteiger partial charge in [-0.2, -0.15) is 0 Å². The van der Waals surface area contributed by atoms with E-state index in [1.165, 1.54) is 50.4 Å². The van der Waals surface area contributed by atoms with Crippen molar-refractivity contribution in [1.82, 2.24) is 9.97 Å². The minimum absolute atomic E-state index is 0.0778. The van der Waals surface area contributed by atoms with Crippen LogP contribution in [-0.4, -0.2) is 9.97 Å². The summed E-state index contributed by atoms with van der Waals surface area (Å²) in [7, 11) is 0. The van der Waals surface area contributed by atoms with E-state index in [0.717, 1.165) is 44.1 Å². The van der Waals surface area contributed by atoms with Crippen LogP contribution in [0, 0.1) is 13.8 Å². The summed E-state index contributed by atoms with van der Waals surface area (Å²) >= 11 is 0. The van der Waals surface area contributed by atoms with Crippen LogP contribution in [0.2, 0.25) is 0 Å². The van der Waals surface area contributed by atoms with Gasteiger partial charge >= 0.3 is 0 Å². The molecule has 0 spiro atoms. The number of aromatic nitrogens is 2. The number of hydrogen-bond donors (Lipinski definition) is 0. The summed E-state index contributed by atoms with van der Waals surface area (Å²) in [4.78, 5) is 11.8. The first-order valence-electron chi connectivity index (χ1n) is 15.8. The number of fused-ring (bicyclic) bond motifs is 5. The Labute approximate surface area is 270 Å². The Kier molecular flexibility index (Phi) is 6.23. The van der Waals surface area contributed by atoms with Crippen molar-refractivity contribution < 1.29 is 0 Å². The molecule has 46 heavy (non-hydrogen) atoms. The lowest BCUT2D eigenvalue weighted by Gasteiger charge is -2.42. The Morgan fingerprint density at radius 3 is 1.89 bits per heavy atom. The Bertz CT molecular complexity index is 2310. The fourth-order valence-electron chi connectivity index (χ4n) is 7.65. The number of rotatable bonds is 4. The van der Waals surface area contributed by atoms with Crippen molar-refractivity contribution in [2.45, 2.75) is 33.1 Å². The van der Waals surface area contributed by atoms with Crippen molar-refractivity contribution in [1.29, 1.82) is 0 Å². The Morgan fingerprint density at radius 1 is 0.674 bits per heavy atom. The molecule has 0 atom stereocenters. The van der Waals surface area contributed by atoms with Gasteiger partial charge in [-0.15, -0.1) is 0 Å². The van der Waals surface area contributed by atoms with Crippen LogP contribution in [0.3, 0.4) is 0 Å². The molecule has 6 aromatic rings. The second-order valence-corrected chi connectivity index (χ2v) is 12.9. The number of hydrogen-bond acceptors (Lipinski definition) is 3. The molecule has 0 unspecified atom stereocenters. The number of nitrogens with zero attached hydrogens (tertiary/aromatic N) is 3. The zero-order valence-corrected chi connectivity index (χ0v) is 26.7. The molecule has 1 aliphatic heterocycles. The highest BCUT2D eigenvalue weighted by atomic mass is 15.2. The zero-order valence-electron chi connectivity index (χ0n) is 26.7. The van der Waals surface area contributed by atoms with Crippen molar-refractivity contribution in [2.75, 3.05) is 4.90 Å². The molecule has 1 aliphatic carbocycles. The van der Waals surface area contributed by atoms with Crippen LogP contribution in [0.1, 0.15) is 41.8 Å². The number of anilines is 3.